The Kier molecular flexibility index (Phi) is 6.64. The van der Waals surface area contributed by atoms with Crippen molar-refractivity contribution in [3.05, 3.63) is 75.1 Å². The van der Waals surface area contributed by atoms with E-state index in [-0.39, 0.29) is 5.11 Å². The minimum atomic E-state index is -0.466. The lowest BCUT2D eigenvalue weighted by Crippen LogP contribution is -2.48. The molecule has 3 N–H and O–H groups in total. The number of rotatable bonds is 3. The van der Waals surface area contributed by atoms with Gasteiger partial charge in [0.05, 0.1) is 5.02 Å². The predicted octanol–water partition coefficient (Wildman–Crippen LogP) is 4.56. The van der Waals surface area contributed by atoms with Gasteiger partial charge < -0.3 is 0 Å². The summed E-state index contributed by atoms with van der Waals surface area (Å²) in [5.41, 5.74) is 5.61. The SMILES string of the molecule is O=C(C=Cc1ccccc1Cl)NC(=S)NNC(=O)c1sc2ccccc2c1Cl. The first-order valence-corrected chi connectivity index (χ1v) is 9.94. The molecule has 0 aliphatic carbocycles. The molecular weight excluding hydrogens is 437 g/mol. The average Bonchev–Trinajstić information content (AvgIpc) is 3.02. The fourth-order valence-corrected chi connectivity index (χ4v) is 4.05. The number of carbonyl (C=O) groups is 2. The molecule has 9 heteroatoms. The Labute approximate surface area is 180 Å². The van der Waals surface area contributed by atoms with Crippen LogP contribution in [0.15, 0.2) is 54.6 Å². The molecule has 2 amide bonds. The molecule has 0 saturated heterocycles. The minimum absolute atomic E-state index is 0.0561. The molecule has 1 heterocycles. The van der Waals surface area contributed by atoms with E-state index in [4.69, 9.17) is 35.4 Å². The second kappa shape index (κ2) is 9.16. The Morgan fingerprint density at radius 3 is 2.46 bits per heavy atom. The maximum absolute atomic E-state index is 12.3. The van der Waals surface area contributed by atoms with Gasteiger partial charge in [-0.25, -0.2) is 0 Å². The molecule has 0 aliphatic rings. The number of nitrogens with one attached hydrogen (secondary N) is 3. The van der Waals surface area contributed by atoms with Crippen LogP contribution < -0.4 is 16.2 Å². The van der Waals surface area contributed by atoms with Crippen LogP contribution >= 0.6 is 46.8 Å². The van der Waals surface area contributed by atoms with Gasteiger partial charge in [-0.05, 0) is 36.0 Å². The number of fused-ring (bicyclic) bond motifs is 1. The van der Waals surface area contributed by atoms with Crippen LogP contribution in [0.1, 0.15) is 15.2 Å². The second-order valence-corrected chi connectivity index (χ2v) is 7.74. The Morgan fingerprint density at radius 1 is 1.00 bits per heavy atom. The van der Waals surface area contributed by atoms with Crippen LogP contribution in [0.2, 0.25) is 10.0 Å². The molecule has 0 fully saturated rings. The second-order valence-electron chi connectivity index (χ2n) is 5.49. The maximum Gasteiger partial charge on any atom is 0.281 e. The van der Waals surface area contributed by atoms with Crippen molar-refractivity contribution >= 4 is 79.8 Å². The molecule has 0 unspecified atom stereocenters. The van der Waals surface area contributed by atoms with Gasteiger partial charge in [0.2, 0.25) is 5.91 Å². The van der Waals surface area contributed by atoms with Crippen LogP contribution in [0.4, 0.5) is 0 Å². The van der Waals surface area contributed by atoms with Crippen molar-refractivity contribution in [3.8, 4) is 0 Å². The van der Waals surface area contributed by atoms with Crippen molar-refractivity contribution in [2.24, 2.45) is 0 Å². The quantitative estimate of drug-likeness (QED) is 0.311. The first-order valence-electron chi connectivity index (χ1n) is 7.96. The van der Waals surface area contributed by atoms with E-state index in [0.29, 0.717) is 20.5 Å². The number of benzene rings is 2. The van der Waals surface area contributed by atoms with E-state index in [1.165, 1.54) is 17.4 Å². The van der Waals surface area contributed by atoms with Crippen molar-refractivity contribution in [2.75, 3.05) is 0 Å². The van der Waals surface area contributed by atoms with Gasteiger partial charge in [0.1, 0.15) is 4.88 Å². The van der Waals surface area contributed by atoms with Gasteiger partial charge in [-0.15, -0.1) is 11.3 Å². The first-order chi connectivity index (χ1) is 13.5. The zero-order valence-corrected chi connectivity index (χ0v) is 17.3. The Hall–Kier alpha value is -2.45. The van der Waals surface area contributed by atoms with Crippen LogP contribution in [0.5, 0.6) is 0 Å². The maximum atomic E-state index is 12.3. The summed E-state index contributed by atoms with van der Waals surface area (Å²) < 4.78 is 0.901. The van der Waals surface area contributed by atoms with Crippen molar-refractivity contribution in [1.29, 1.82) is 0 Å². The zero-order valence-electron chi connectivity index (χ0n) is 14.2. The van der Waals surface area contributed by atoms with E-state index < -0.39 is 11.8 Å². The molecule has 2 aromatic carbocycles. The third kappa shape index (κ3) is 4.88. The number of amides is 2. The molecule has 0 atom stereocenters. The number of thiophene rings is 1. The molecule has 0 saturated carbocycles. The van der Waals surface area contributed by atoms with Crippen LogP contribution in [0, 0.1) is 0 Å². The molecule has 142 valence electrons. The average molecular weight is 450 g/mol. The van der Waals surface area contributed by atoms with Gasteiger partial charge in [0.15, 0.2) is 5.11 Å². The van der Waals surface area contributed by atoms with E-state index in [9.17, 15) is 9.59 Å². The first kappa shape index (κ1) is 20.3. The van der Waals surface area contributed by atoms with Crippen molar-refractivity contribution < 1.29 is 9.59 Å². The number of hydrogen-bond acceptors (Lipinski definition) is 4. The van der Waals surface area contributed by atoms with E-state index in [1.807, 2.05) is 30.3 Å². The molecule has 1 aromatic heterocycles. The third-order valence-electron chi connectivity index (χ3n) is 3.59. The summed E-state index contributed by atoms with van der Waals surface area (Å²) in [7, 11) is 0. The summed E-state index contributed by atoms with van der Waals surface area (Å²) in [4.78, 5) is 24.6. The summed E-state index contributed by atoms with van der Waals surface area (Å²) in [5.74, 6) is -0.916. The summed E-state index contributed by atoms with van der Waals surface area (Å²) in [6, 6.07) is 14.5. The fraction of sp³-hybridized carbons (Fsp3) is 0. The largest absolute Gasteiger partial charge is 0.298 e. The van der Waals surface area contributed by atoms with Gasteiger partial charge in [-0.3, -0.25) is 25.8 Å². The minimum Gasteiger partial charge on any atom is -0.298 e. The van der Waals surface area contributed by atoms with E-state index in [2.05, 4.69) is 16.2 Å². The number of hydrazine groups is 1. The van der Waals surface area contributed by atoms with Crippen molar-refractivity contribution in [3.63, 3.8) is 0 Å². The monoisotopic (exact) mass is 449 g/mol. The van der Waals surface area contributed by atoms with Gasteiger partial charge in [-0.2, -0.15) is 0 Å². The Bertz CT molecular complexity index is 1100. The summed E-state index contributed by atoms with van der Waals surface area (Å²) >= 11 is 18.6. The molecule has 0 radical (unpaired) electrons. The van der Waals surface area contributed by atoms with Crippen LogP contribution in [-0.4, -0.2) is 16.9 Å². The van der Waals surface area contributed by atoms with Gasteiger partial charge >= 0.3 is 0 Å². The molecule has 0 spiro atoms. The number of thiocarbonyl (C=S) groups is 1. The molecule has 0 aliphatic heterocycles. The van der Waals surface area contributed by atoms with Gasteiger partial charge in [0.25, 0.3) is 5.91 Å². The normalized spacial score (nSPS) is 10.8. The number of halogens is 2. The molecule has 28 heavy (non-hydrogen) atoms. The highest BCUT2D eigenvalue weighted by Gasteiger charge is 2.17. The van der Waals surface area contributed by atoms with Crippen LogP contribution in [-0.2, 0) is 4.79 Å². The standard InChI is InChI=1S/C19H13Cl2N3O2S2/c20-13-7-3-1-5-11(13)9-10-15(25)22-19(27)24-23-18(26)17-16(21)12-6-2-4-8-14(12)28-17/h1-10H,(H,23,26)(H2,22,24,25,27). The van der Waals surface area contributed by atoms with E-state index in [0.717, 1.165) is 10.1 Å². The molecule has 3 aromatic rings. The Balaban J connectivity index is 1.55. The highest BCUT2D eigenvalue weighted by atomic mass is 35.5. The smallest absolute Gasteiger partial charge is 0.281 e. The summed E-state index contributed by atoms with van der Waals surface area (Å²) in [6.07, 6.45) is 2.86. The summed E-state index contributed by atoms with van der Waals surface area (Å²) in [5, 5.41) is 4.07. The fourth-order valence-electron chi connectivity index (χ4n) is 2.29. The molecular formula is C19H13Cl2N3O2S2. The lowest BCUT2D eigenvalue weighted by atomic mass is 10.2. The molecule has 0 bridgehead atoms. The van der Waals surface area contributed by atoms with Gasteiger partial charge in [0, 0.05) is 21.2 Å². The van der Waals surface area contributed by atoms with Crippen LogP contribution in [0.25, 0.3) is 16.2 Å². The third-order valence-corrected chi connectivity index (χ3v) is 5.81. The van der Waals surface area contributed by atoms with E-state index >= 15 is 0 Å². The topological polar surface area (TPSA) is 70.2 Å². The molecule has 3 rings (SSSR count). The van der Waals surface area contributed by atoms with E-state index in [1.54, 1.807) is 24.3 Å². The lowest BCUT2D eigenvalue weighted by Gasteiger charge is -2.09. The van der Waals surface area contributed by atoms with Crippen molar-refractivity contribution in [1.82, 2.24) is 16.2 Å². The summed E-state index contributed by atoms with van der Waals surface area (Å²) in [6.45, 7) is 0. The number of hydrogen-bond donors (Lipinski definition) is 3. The van der Waals surface area contributed by atoms with Gasteiger partial charge in [-0.1, -0.05) is 59.6 Å². The van der Waals surface area contributed by atoms with Crippen LogP contribution in [0.3, 0.4) is 0 Å². The highest BCUT2D eigenvalue weighted by Crippen LogP contribution is 2.34. The molecule has 5 nitrogen and oxygen atoms in total. The number of carbonyl (C=O) groups excluding carboxylic acids is 2. The Morgan fingerprint density at radius 2 is 1.71 bits per heavy atom. The lowest BCUT2D eigenvalue weighted by molar-refractivity contribution is -0.115. The zero-order chi connectivity index (χ0) is 20.1. The highest BCUT2D eigenvalue weighted by molar-refractivity contribution is 7.80. The van der Waals surface area contributed by atoms with Crippen molar-refractivity contribution in [2.45, 2.75) is 0 Å². The predicted molar refractivity (Wildman–Crippen MR) is 119 cm³/mol.